The first kappa shape index (κ1) is 19.7. The Hall–Kier alpha value is -3.03. The maximum atomic E-state index is 13.2. The van der Waals surface area contributed by atoms with E-state index in [1.54, 1.807) is 24.3 Å². The van der Waals surface area contributed by atoms with Crippen molar-refractivity contribution < 1.29 is 4.79 Å². The van der Waals surface area contributed by atoms with Crippen LogP contribution in [-0.4, -0.2) is 30.7 Å². The van der Waals surface area contributed by atoms with Crippen molar-refractivity contribution in [1.29, 1.82) is 0 Å². The summed E-state index contributed by atoms with van der Waals surface area (Å²) in [5, 5.41) is 16.1. The molecule has 0 unspecified atom stereocenters. The molecule has 1 N–H and O–H groups in total. The monoisotopic (exact) mass is 382 g/mol. The molecule has 1 aromatic carbocycles. The number of hydrogen-bond acceptors (Lipinski definition) is 5. The molecular formula is C20H26N6O2. The predicted molar refractivity (Wildman–Crippen MR) is 108 cm³/mol. The van der Waals surface area contributed by atoms with E-state index in [1.165, 1.54) is 4.68 Å². The van der Waals surface area contributed by atoms with Crippen LogP contribution in [0.15, 0.2) is 29.1 Å². The number of nitrogens with zero attached hydrogens (tertiary/aromatic N) is 5. The molecule has 2 aromatic heterocycles. The van der Waals surface area contributed by atoms with E-state index in [0.29, 0.717) is 16.6 Å². The first-order valence-corrected chi connectivity index (χ1v) is 9.43. The molecule has 0 aliphatic rings. The molecule has 0 saturated carbocycles. The summed E-state index contributed by atoms with van der Waals surface area (Å²) in [6, 6.07) is 6.38. The van der Waals surface area contributed by atoms with Crippen molar-refractivity contribution in [1.82, 2.24) is 24.8 Å². The Balaban J connectivity index is 2.01. The van der Waals surface area contributed by atoms with Gasteiger partial charge in [0.15, 0.2) is 0 Å². The van der Waals surface area contributed by atoms with Gasteiger partial charge in [0.1, 0.15) is 11.6 Å². The molecule has 0 aliphatic carbocycles. The molecule has 3 rings (SSSR count). The lowest BCUT2D eigenvalue weighted by molar-refractivity contribution is -0.120. The third kappa shape index (κ3) is 3.42. The molecule has 0 fully saturated rings. The SMILES string of the molecule is Cc1nn(C(C)C)c(C)c1NC(=O)[C@H](C(C)C)n1nnc2ccccc2c1=O. The number of nitrogens with one attached hydrogen (secondary N) is 1. The molecule has 28 heavy (non-hydrogen) atoms. The fraction of sp³-hybridized carbons (Fsp3) is 0.450. The van der Waals surface area contributed by atoms with E-state index >= 15 is 0 Å². The molecule has 0 spiro atoms. The number of rotatable bonds is 5. The van der Waals surface area contributed by atoms with Gasteiger partial charge in [-0.05, 0) is 45.7 Å². The fourth-order valence-electron chi connectivity index (χ4n) is 3.42. The summed E-state index contributed by atoms with van der Waals surface area (Å²) in [4.78, 5) is 26.1. The summed E-state index contributed by atoms with van der Waals surface area (Å²) < 4.78 is 3.05. The summed E-state index contributed by atoms with van der Waals surface area (Å²) in [7, 11) is 0. The maximum Gasteiger partial charge on any atom is 0.278 e. The molecule has 148 valence electrons. The van der Waals surface area contributed by atoms with Crippen LogP contribution in [0.3, 0.4) is 0 Å². The van der Waals surface area contributed by atoms with Crippen LogP contribution in [-0.2, 0) is 4.79 Å². The van der Waals surface area contributed by atoms with Crippen molar-refractivity contribution in [2.45, 2.75) is 53.6 Å². The van der Waals surface area contributed by atoms with E-state index < -0.39 is 6.04 Å². The quantitative estimate of drug-likeness (QED) is 0.732. The lowest BCUT2D eigenvalue weighted by Crippen LogP contribution is -2.38. The third-order valence-electron chi connectivity index (χ3n) is 4.82. The van der Waals surface area contributed by atoms with Crippen LogP contribution >= 0.6 is 0 Å². The number of hydrogen-bond donors (Lipinski definition) is 1. The molecule has 0 aliphatic heterocycles. The minimum Gasteiger partial charge on any atom is -0.321 e. The van der Waals surface area contributed by atoms with Crippen LogP contribution in [0.1, 0.15) is 51.2 Å². The van der Waals surface area contributed by atoms with Gasteiger partial charge in [0.25, 0.3) is 5.56 Å². The molecule has 0 radical (unpaired) electrons. The minimum absolute atomic E-state index is 0.158. The number of anilines is 1. The van der Waals surface area contributed by atoms with Gasteiger partial charge in [-0.25, -0.2) is 0 Å². The lowest BCUT2D eigenvalue weighted by Gasteiger charge is -2.21. The Kier molecular flexibility index (Phi) is 5.31. The van der Waals surface area contributed by atoms with Gasteiger partial charge in [-0.2, -0.15) is 9.78 Å². The van der Waals surface area contributed by atoms with Gasteiger partial charge in [0.05, 0.1) is 22.5 Å². The number of carbonyl (C=O) groups is 1. The van der Waals surface area contributed by atoms with Crippen LogP contribution < -0.4 is 10.9 Å². The molecule has 0 saturated heterocycles. The van der Waals surface area contributed by atoms with E-state index in [1.807, 2.05) is 46.2 Å². The first-order chi connectivity index (χ1) is 13.2. The topological polar surface area (TPSA) is 94.7 Å². The number of aryl methyl sites for hydroxylation is 1. The van der Waals surface area contributed by atoms with Gasteiger partial charge in [-0.1, -0.05) is 31.2 Å². The van der Waals surface area contributed by atoms with Crippen LogP contribution in [0, 0.1) is 19.8 Å². The average molecular weight is 382 g/mol. The van der Waals surface area contributed by atoms with Crippen LogP contribution in [0.25, 0.3) is 10.9 Å². The van der Waals surface area contributed by atoms with Crippen LogP contribution in [0.2, 0.25) is 0 Å². The highest BCUT2D eigenvalue weighted by atomic mass is 16.2. The fourth-order valence-corrected chi connectivity index (χ4v) is 3.42. The number of amides is 1. The Morgan fingerprint density at radius 1 is 1.07 bits per heavy atom. The van der Waals surface area contributed by atoms with Crippen molar-refractivity contribution in [2.75, 3.05) is 5.32 Å². The molecular weight excluding hydrogens is 356 g/mol. The molecule has 3 aromatic rings. The molecule has 8 heteroatoms. The van der Waals surface area contributed by atoms with Crippen LogP contribution in [0.5, 0.6) is 0 Å². The zero-order valence-electron chi connectivity index (χ0n) is 17.1. The summed E-state index contributed by atoms with van der Waals surface area (Å²) in [6.07, 6.45) is 0. The van der Waals surface area contributed by atoms with Gasteiger partial charge in [0.2, 0.25) is 5.91 Å². The van der Waals surface area contributed by atoms with Crippen molar-refractivity contribution in [3.05, 3.63) is 46.0 Å². The van der Waals surface area contributed by atoms with Crippen LogP contribution in [0.4, 0.5) is 5.69 Å². The van der Waals surface area contributed by atoms with Gasteiger partial charge in [-0.15, -0.1) is 5.10 Å². The van der Waals surface area contributed by atoms with Gasteiger partial charge < -0.3 is 5.32 Å². The normalized spacial score (nSPS) is 12.7. The van der Waals surface area contributed by atoms with Crippen molar-refractivity contribution in [3.8, 4) is 0 Å². The smallest absolute Gasteiger partial charge is 0.278 e. The van der Waals surface area contributed by atoms with E-state index in [2.05, 4.69) is 20.7 Å². The standard InChI is InChI=1S/C20H26N6O2/c1-11(2)18(26-20(28)15-9-7-8-10-16(15)22-24-26)19(27)21-17-13(5)23-25(12(3)4)14(17)6/h7-12,18H,1-6H3,(H,21,27)/t18-/m0/s1. The largest absolute Gasteiger partial charge is 0.321 e. The van der Waals surface area contributed by atoms with E-state index in [9.17, 15) is 9.59 Å². The zero-order valence-corrected chi connectivity index (χ0v) is 17.1. The van der Waals surface area contributed by atoms with Gasteiger partial charge >= 0.3 is 0 Å². The second-order valence-corrected chi connectivity index (χ2v) is 7.62. The van der Waals surface area contributed by atoms with Crippen molar-refractivity contribution >= 4 is 22.5 Å². The summed E-state index contributed by atoms with van der Waals surface area (Å²) >= 11 is 0. The van der Waals surface area contributed by atoms with E-state index in [-0.39, 0.29) is 23.4 Å². The van der Waals surface area contributed by atoms with Crippen molar-refractivity contribution in [3.63, 3.8) is 0 Å². The summed E-state index contributed by atoms with van der Waals surface area (Å²) in [6.45, 7) is 11.6. The number of carbonyl (C=O) groups excluding carboxylic acids is 1. The molecule has 8 nitrogen and oxygen atoms in total. The highest BCUT2D eigenvalue weighted by Crippen LogP contribution is 2.25. The number of aromatic nitrogens is 5. The van der Waals surface area contributed by atoms with Gasteiger partial charge in [-0.3, -0.25) is 14.3 Å². The number of benzene rings is 1. The van der Waals surface area contributed by atoms with Gasteiger partial charge in [0, 0.05) is 6.04 Å². The highest BCUT2D eigenvalue weighted by molar-refractivity contribution is 5.95. The Bertz CT molecular complexity index is 1080. The average Bonchev–Trinajstić information content (AvgIpc) is 2.92. The molecule has 1 atom stereocenters. The zero-order chi connectivity index (χ0) is 20.6. The number of fused-ring (bicyclic) bond motifs is 1. The predicted octanol–water partition coefficient (Wildman–Crippen LogP) is 3.02. The highest BCUT2D eigenvalue weighted by Gasteiger charge is 2.29. The van der Waals surface area contributed by atoms with E-state index in [4.69, 9.17) is 0 Å². The summed E-state index contributed by atoms with van der Waals surface area (Å²) in [5.74, 6) is -0.467. The second kappa shape index (κ2) is 7.53. The second-order valence-electron chi connectivity index (χ2n) is 7.62. The Morgan fingerprint density at radius 2 is 1.75 bits per heavy atom. The third-order valence-corrected chi connectivity index (χ3v) is 4.82. The Morgan fingerprint density at radius 3 is 2.36 bits per heavy atom. The summed E-state index contributed by atoms with van der Waals surface area (Å²) in [5.41, 5.74) is 2.47. The minimum atomic E-state index is -0.786. The molecule has 1 amide bonds. The van der Waals surface area contributed by atoms with E-state index in [0.717, 1.165) is 11.4 Å². The molecule has 2 heterocycles. The lowest BCUT2D eigenvalue weighted by atomic mass is 10.0. The molecule has 0 bridgehead atoms. The van der Waals surface area contributed by atoms with Crippen molar-refractivity contribution in [2.24, 2.45) is 5.92 Å². The first-order valence-electron chi connectivity index (χ1n) is 9.43. The Labute approximate surface area is 163 Å². The maximum absolute atomic E-state index is 13.2.